The largest absolute Gasteiger partial charge is 0.496 e. The van der Waals surface area contributed by atoms with Gasteiger partial charge >= 0.3 is 0 Å². The van der Waals surface area contributed by atoms with Gasteiger partial charge in [-0.1, -0.05) is 23.7 Å². The van der Waals surface area contributed by atoms with E-state index >= 15 is 0 Å². The molecule has 112 valence electrons. The predicted octanol–water partition coefficient (Wildman–Crippen LogP) is 3.97. The van der Waals surface area contributed by atoms with E-state index in [1.54, 1.807) is 14.2 Å². The normalized spacial score (nSPS) is 12.0. The second kappa shape index (κ2) is 6.83. The van der Waals surface area contributed by atoms with Crippen molar-refractivity contribution in [2.24, 2.45) is 0 Å². The molecule has 0 saturated heterocycles. The number of nitrogens with one attached hydrogen (secondary N) is 1. The molecule has 1 N–H and O–H groups in total. The molecule has 2 aromatic carbocycles. The number of methoxy groups -OCH3 is 2. The number of hydrogen-bond donors (Lipinski definition) is 1. The number of halogens is 1. The second-order valence-electron chi connectivity index (χ2n) is 4.80. The molecule has 0 heterocycles. The monoisotopic (exact) mass is 305 g/mol. The third-order valence-electron chi connectivity index (χ3n) is 3.59. The summed E-state index contributed by atoms with van der Waals surface area (Å²) in [4.78, 5) is 0. The van der Waals surface area contributed by atoms with Gasteiger partial charge in [-0.05, 0) is 49.4 Å². The Labute approximate surface area is 130 Å². The summed E-state index contributed by atoms with van der Waals surface area (Å²) in [6.07, 6.45) is 0. The van der Waals surface area contributed by atoms with Crippen molar-refractivity contribution < 1.29 is 9.47 Å². The third-order valence-corrected chi connectivity index (χ3v) is 3.82. The van der Waals surface area contributed by atoms with Crippen LogP contribution in [0.3, 0.4) is 0 Å². The van der Waals surface area contributed by atoms with Gasteiger partial charge in [0.15, 0.2) is 0 Å². The first-order valence-corrected chi connectivity index (χ1v) is 7.14. The van der Waals surface area contributed by atoms with Crippen molar-refractivity contribution >= 4 is 11.6 Å². The standard InChI is InChI=1S/C17H20ClNO2/c1-11-10-12(18)8-9-13(11)17(19-2)16-14(20-3)6-5-7-15(16)21-4/h5-10,17,19H,1-4H3. The topological polar surface area (TPSA) is 30.5 Å². The van der Waals surface area contributed by atoms with Gasteiger partial charge in [-0.2, -0.15) is 0 Å². The van der Waals surface area contributed by atoms with Crippen molar-refractivity contribution in [3.8, 4) is 11.5 Å². The van der Waals surface area contributed by atoms with Gasteiger partial charge in [0.25, 0.3) is 0 Å². The molecule has 21 heavy (non-hydrogen) atoms. The van der Waals surface area contributed by atoms with Crippen LogP contribution in [0.2, 0.25) is 5.02 Å². The first-order chi connectivity index (χ1) is 10.1. The lowest BCUT2D eigenvalue weighted by Gasteiger charge is -2.23. The van der Waals surface area contributed by atoms with Crippen LogP contribution in [0.1, 0.15) is 22.7 Å². The van der Waals surface area contributed by atoms with Crippen LogP contribution in [-0.2, 0) is 0 Å². The minimum atomic E-state index is -0.0339. The maximum Gasteiger partial charge on any atom is 0.127 e. The van der Waals surface area contributed by atoms with E-state index in [-0.39, 0.29) is 6.04 Å². The smallest absolute Gasteiger partial charge is 0.127 e. The average Bonchev–Trinajstić information content (AvgIpc) is 2.49. The highest BCUT2D eigenvalue weighted by Gasteiger charge is 2.22. The minimum absolute atomic E-state index is 0.0339. The van der Waals surface area contributed by atoms with Gasteiger partial charge in [-0.25, -0.2) is 0 Å². The summed E-state index contributed by atoms with van der Waals surface area (Å²) in [6, 6.07) is 11.7. The van der Waals surface area contributed by atoms with E-state index in [2.05, 4.69) is 5.32 Å². The number of ether oxygens (including phenoxy) is 2. The highest BCUT2D eigenvalue weighted by Crippen LogP contribution is 2.38. The van der Waals surface area contributed by atoms with Crippen LogP contribution >= 0.6 is 11.6 Å². The fourth-order valence-electron chi connectivity index (χ4n) is 2.58. The maximum absolute atomic E-state index is 6.06. The molecule has 0 bridgehead atoms. The molecule has 0 amide bonds. The van der Waals surface area contributed by atoms with Crippen LogP contribution in [0.25, 0.3) is 0 Å². The zero-order valence-electron chi connectivity index (χ0n) is 12.7. The van der Waals surface area contributed by atoms with Gasteiger partial charge in [0.1, 0.15) is 11.5 Å². The molecule has 0 aromatic heterocycles. The first-order valence-electron chi connectivity index (χ1n) is 6.76. The van der Waals surface area contributed by atoms with E-state index in [1.165, 1.54) is 0 Å². The maximum atomic E-state index is 6.06. The summed E-state index contributed by atoms with van der Waals surface area (Å²) >= 11 is 6.06. The molecule has 1 atom stereocenters. The van der Waals surface area contributed by atoms with Crippen molar-refractivity contribution in [3.63, 3.8) is 0 Å². The summed E-state index contributed by atoms with van der Waals surface area (Å²) in [5.74, 6) is 1.59. The van der Waals surface area contributed by atoms with Crippen LogP contribution < -0.4 is 14.8 Å². The minimum Gasteiger partial charge on any atom is -0.496 e. The second-order valence-corrected chi connectivity index (χ2v) is 5.24. The van der Waals surface area contributed by atoms with E-state index in [1.807, 2.05) is 50.4 Å². The zero-order valence-corrected chi connectivity index (χ0v) is 13.5. The van der Waals surface area contributed by atoms with E-state index in [4.69, 9.17) is 21.1 Å². The lowest BCUT2D eigenvalue weighted by molar-refractivity contribution is 0.378. The van der Waals surface area contributed by atoms with Crippen LogP contribution in [0.15, 0.2) is 36.4 Å². The van der Waals surface area contributed by atoms with Crippen molar-refractivity contribution in [1.29, 1.82) is 0 Å². The van der Waals surface area contributed by atoms with Gasteiger partial charge in [0.05, 0.1) is 25.8 Å². The van der Waals surface area contributed by atoms with Crippen molar-refractivity contribution in [2.75, 3.05) is 21.3 Å². The lowest BCUT2D eigenvalue weighted by Crippen LogP contribution is -2.20. The Balaban J connectivity index is 2.61. The Morgan fingerprint density at radius 2 is 1.67 bits per heavy atom. The Morgan fingerprint density at radius 1 is 1.05 bits per heavy atom. The molecular weight excluding hydrogens is 286 g/mol. The van der Waals surface area contributed by atoms with E-state index in [0.717, 1.165) is 33.2 Å². The molecule has 0 spiro atoms. The fraction of sp³-hybridized carbons (Fsp3) is 0.294. The van der Waals surface area contributed by atoms with Crippen molar-refractivity contribution in [2.45, 2.75) is 13.0 Å². The SMILES string of the molecule is CNC(c1ccc(Cl)cc1C)c1c(OC)cccc1OC. The lowest BCUT2D eigenvalue weighted by atomic mass is 9.93. The Bertz CT molecular complexity index is 606. The van der Waals surface area contributed by atoms with E-state index in [9.17, 15) is 0 Å². The summed E-state index contributed by atoms with van der Waals surface area (Å²) < 4.78 is 11.0. The number of rotatable bonds is 5. The third kappa shape index (κ3) is 3.14. The highest BCUT2D eigenvalue weighted by atomic mass is 35.5. The van der Waals surface area contributed by atoms with Gasteiger partial charge in [0, 0.05) is 5.02 Å². The van der Waals surface area contributed by atoms with Crippen LogP contribution in [0.4, 0.5) is 0 Å². The number of benzene rings is 2. The van der Waals surface area contributed by atoms with Crippen LogP contribution in [0.5, 0.6) is 11.5 Å². The quantitative estimate of drug-likeness (QED) is 0.906. The Morgan fingerprint density at radius 3 is 2.14 bits per heavy atom. The molecule has 4 heteroatoms. The summed E-state index contributed by atoms with van der Waals surface area (Å²) in [5, 5.41) is 4.08. The molecule has 0 aliphatic rings. The Kier molecular flexibility index (Phi) is 5.10. The van der Waals surface area contributed by atoms with Crippen molar-refractivity contribution in [3.05, 3.63) is 58.1 Å². The van der Waals surface area contributed by atoms with E-state index in [0.29, 0.717) is 0 Å². The van der Waals surface area contributed by atoms with Gasteiger partial charge < -0.3 is 14.8 Å². The molecule has 1 unspecified atom stereocenters. The Hall–Kier alpha value is -1.71. The molecule has 0 radical (unpaired) electrons. The summed E-state index contributed by atoms with van der Waals surface area (Å²) in [6.45, 7) is 2.05. The average molecular weight is 306 g/mol. The molecule has 0 fully saturated rings. The predicted molar refractivity (Wildman–Crippen MR) is 86.6 cm³/mol. The number of aryl methyl sites for hydroxylation is 1. The highest BCUT2D eigenvalue weighted by molar-refractivity contribution is 6.30. The molecule has 3 nitrogen and oxygen atoms in total. The van der Waals surface area contributed by atoms with Gasteiger partial charge in [-0.3, -0.25) is 0 Å². The van der Waals surface area contributed by atoms with Gasteiger partial charge in [0.2, 0.25) is 0 Å². The fourth-order valence-corrected chi connectivity index (χ4v) is 2.81. The van der Waals surface area contributed by atoms with E-state index < -0.39 is 0 Å². The summed E-state index contributed by atoms with van der Waals surface area (Å²) in [5.41, 5.74) is 3.25. The van der Waals surface area contributed by atoms with Crippen molar-refractivity contribution in [1.82, 2.24) is 5.32 Å². The molecule has 0 saturated carbocycles. The van der Waals surface area contributed by atoms with Crippen LogP contribution in [0, 0.1) is 6.92 Å². The summed E-state index contributed by atoms with van der Waals surface area (Å²) in [7, 11) is 5.25. The van der Waals surface area contributed by atoms with Gasteiger partial charge in [-0.15, -0.1) is 0 Å². The molecule has 0 aliphatic carbocycles. The zero-order chi connectivity index (χ0) is 15.4. The molecule has 0 aliphatic heterocycles. The molecule has 2 rings (SSSR count). The van der Waals surface area contributed by atoms with Crippen LogP contribution in [-0.4, -0.2) is 21.3 Å². The molecular formula is C17H20ClNO2. The molecule has 2 aromatic rings. The first kappa shape index (κ1) is 15.7. The number of hydrogen-bond acceptors (Lipinski definition) is 3.